The second-order valence-corrected chi connectivity index (χ2v) is 7.76. The Kier molecular flexibility index (Phi) is 4.88. The summed E-state index contributed by atoms with van der Waals surface area (Å²) in [5, 5.41) is 0. The zero-order valence-electron chi connectivity index (χ0n) is 13.7. The average Bonchev–Trinajstić information content (AvgIpc) is 2.38. The van der Waals surface area contributed by atoms with Gasteiger partial charge in [0.1, 0.15) is 5.78 Å². The van der Waals surface area contributed by atoms with E-state index in [1.54, 1.807) is 0 Å². The summed E-state index contributed by atoms with van der Waals surface area (Å²) in [6.45, 7) is 6.61. The highest BCUT2D eigenvalue weighted by Crippen LogP contribution is 2.29. The first kappa shape index (κ1) is 16.2. The summed E-state index contributed by atoms with van der Waals surface area (Å²) in [5.74, 6) is 0.280. The van der Waals surface area contributed by atoms with Gasteiger partial charge >= 0.3 is 0 Å². The Labute approximate surface area is 129 Å². The molecule has 1 aromatic carbocycles. The van der Waals surface area contributed by atoms with E-state index in [4.69, 9.17) is 5.73 Å². The van der Waals surface area contributed by atoms with E-state index < -0.39 is 0 Å². The number of benzene rings is 1. The number of hydrogen-bond acceptors (Lipinski definition) is 2. The first-order valence-electron chi connectivity index (χ1n) is 8.19. The predicted octanol–water partition coefficient (Wildman–Crippen LogP) is 4.15. The predicted molar refractivity (Wildman–Crippen MR) is 88.5 cm³/mol. The number of carbonyl (C=O) groups is 1. The minimum Gasteiger partial charge on any atom is -0.325 e. The standard InChI is InChI=1S/C19H29NO/c1-18(2,3)16-9-7-15(8-10-16)13-17(21)14-19(20)11-5-4-6-12-19/h7-10H,4-6,11-14,20H2,1-3H3. The maximum atomic E-state index is 12.3. The van der Waals surface area contributed by atoms with Crippen LogP contribution >= 0.6 is 0 Å². The third-order valence-corrected chi connectivity index (χ3v) is 4.62. The molecule has 0 radical (unpaired) electrons. The molecule has 0 saturated heterocycles. The Morgan fingerprint density at radius 3 is 2.19 bits per heavy atom. The summed E-state index contributed by atoms with van der Waals surface area (Å²) in [5.41, 5.74) is 8.71. The van der Waals surface area contributed by atoms with Gasteiger partial charge in [0.2, 0.25) is 0 Å². The molecule has 0 unspecified atom stereocenters. The summed E-state index contributed by atoms with van der Waals surface area (Å²) in [6, 6.07) is 8.45. The SMILES string of the molecule is CC(C)(C)c1ccc(CC(=O)CC2(N)CCCCC2)cc1. The summed E-state index contributed by atoms with van der Waals surface area (Å²) in [4.78, 5) is 12.3. The number of rotatable bonds is 4. The van der Waals surface area contributed by atoms with E-state index in [1.807, 2.05) is 0 Å². The van der Waals surface area contributed by atoms with Crippen LogP contribution in [0.25, 0.3) is 0 Å². The molecule has 0 aliphatic heterocycles. The molecule has 1 fully saturated rings. The van der Waals surface area contributed by atoms with Gasteiger partial charge in [0.05, 0.1) is 0 Å². The van der Waals surface area contributed by atoms with E-state index in [-0.39, 0.29) is 16.7 Å². The van der Waals surface area contributed by atoms with Crippen molar-refractivity contribution in [2.24, 2.45) is 5.73 Å². The fourth-order valence-electron chi connectivity index (χ4n) is 3.24. The topological polar surface area (TPSA) is 43.1 Å². The largest absolute Gasteiger partial charge is 0.325 e. The Balaban J connectivity index is 1.93. The first-order valence-corrected chi connectivity index (χ1v) is 8.19. The van der Waals surface area contributed by atoms with Crippen molar-refractivity contribution in [1.82, 2.24) is 0 Å². The maximum Gasteiger partial charge on any atom is 0.139 e. The second kappa shape index (κ2) is 6.31. The molecule has 2 heteroatoms. The lowest BCUT2D eigenvalue weighted by Gasteiger charge is -2.32. The fourth-order valence-corrected chi connectivity index (χ4v) is 3.24. The molecule has 0 amide bonds. The van der Waals surface area contributed by atoms with Crippen LogP contribution in [0.4, 0.5) is 0 Å². The van der Waals surface area contributed by atoms with Gasteiger partial charge in [-0.2, -0.15) is 0 Å². The molecule has 2 nitrogen and oxygen atoms in total. The smallest absolute Gasteiger partial charge is 0.139 e. The van der Waals surface area contributed by atoms with Crippen LogP contribution in [0.15, 0.2) is 24.3 Å². The second-order valence-electron chi connectivity index (χ2n) is 7.76. The number of Topliss-reactive ketones (excluding diaryl/α,β-unsaturated/α-hetero) is 1. The van der Waals surface area contributed by atoms with E-state index in [0.29, 0.717) is 12.8 Å². The van der Waals surface area contributed by atoms with Crippen molar-refractivity contribution in [3.8, 4) is 0 Å². The molecule has 1 aromatic rings. The maximum absolute atomic E-state index is 12.3. The minimum atomic E-state index is -0.235. The van der Waals surface area contributed by atoms with Crippen LogP contribution in [0.2, 0.25) is 0 Å². The quantitative estimate of drug-likeness (QED) is 0.904. The van der Waals surface area contributed by atoms with Crippen LogP contribution in [0.1, 0.15) is 70.4 Å². The van der Waals surface area contributed by atoms with E-state index in [0.717, 1.165) is 18.4 Å². The molecule has 1 aliphatic rings. The fraction of sp³-hybridized carbons (Fsp3) is 0.632. The van der Waals surface area contributed by atoms with Crippen molar-refractivity contribution in [3.63, 3.8) is 0 Å². The molecular formula is C19H29NO. The number of ketones is 1. The normalized spacial score (nSPS) is 18.5. The van der Waals surface area contributed by atoms with Crippen LogP contribution in [-0.4, -0.2) is 11.3 Å². The Hall–Kier alpha value is -1.15. The third-order valence-electron chi connectivity index (χ3n) is 4.62. The summed E-state index contributed by atoms with van der Waals surface area (Å²) in [6.07, 6.45) is 6.66. The van der Waals surface area contributed by atoms with Gasteiger partial charge in [-0.1, -0.05) is 64.3 Å². The lowest BCUT2D eigenvalue weighted by atomic mass is 9.78. The Morgan fingerprint density at radius 1 is 1.10 bits per heavy atom. The van der Waals surface area contributed by atoms with Gasteiger partial charge in [0.25, 0.3) is 0 Å². The Morgan fingerprint density at radius 2 is 1.67 bits per heavy atom. The van der Waals surface area contributed by atoms with Crippen molar-refractivity contribution >= 4 is 5.78 Å². The molecule has 2 rings (SSSR count). The van der Waals surface area contributed by atoms with Crippen LogP contribution in [0, 0.1) is 0 Å². The van der Waals surface area contributed by atoms with E-state index in [9.17, 15) is 4.79 Å². The summed E-state index contributed by atoms with van der Waals surface area (Å²) in [7, 11) is 0. The molecule has 2 N–H and O–H groups in total. The molecular weight excluding hydrogens is 258 g/mol. The van der Waals surface area contributed by atoms with Gasteiger partial charge in [-0.3, -0.25) is 4.79 Å². The monoisotopic (exact) mass is 287 g/mol. The number of nitrogens with two attached hydrogens (primary N) is 1. The molecule has 1 aliphatic carbocycles. The van der Waals surface area contributed by atoms with Gasteiger partial charge in [0, 0.05) is 18.4 Å². The zero-order valence-corrected chi connectivity index (χ0v) is 13.7. The van der Waals surface area contributed by atoms with Crippen molar-refractivity contribution < 1.29 is 4.79 Å². The molecule has 0 heterocycles. The minimum absolute atomic E-state index is 0.159. The van der Waals surface area contributed by atoms with Gasteiger partial charge in [0.15, 0.2) is 0 Å². The van der Waals surface area contributed by atoms with Crippen molar-refractivity contribution in [1.29, 1.82) is 0 Å². The van der Waals surface area contributed by atoms with Crippen LogP contribution in [-0.2, 0) is 16.6 Å². The average molecular weight is 287 g/mol. The zero-order chi connectivity index (χ0) is 15.5. The molecule has 0 bridgehead atoms. The molecule has 0 aromatic heterocycles. The van der Waals surface area contributed by atoms with Gasteiger partial charge in [-0.25, -0.2) is 0 Å². The number of hydrogen-bond donors (Lipinski definition) is 1. The van der Waals surface area contributed by atoms with Crippen LogP contribution in [0.5, 0.6) is 0 Å². The first-order chi connectivity index (χ1) is 9.78. The highest BCUT2D eigenvalue weighted by Gasteiger charge is 2.29. The van der Waals surface area contributed by atoms with Crippen molar-refractivity contribution in [2.45, 2.75) is 76.7 Å². The van der Waals surface area contributed by atoms with Crippen molar-refractivity contribution in [3.05, 3.63) is 35.4 Å². The van der Waals surface area contributed by atoms with Gasteiger partial charge < -0.3 is 5.73 Å². The van der Waals surface area contributed by atoms with Gasteiger partial charge in [-0.15, -0.1) is 0 Å². The highest BCUT2D eigenvalue weighted by atomic mass is 16.1. The lowest BCUT2D eigenvalue weighted by Crippen LogP contribution is -2.43. The van der Waals surface area contributed by atoms with Crippen LogP contribution < -0.4 is 5.73 Å². The molecule has 21 heavy (non-hydrogen) atoms. The molecule has 0 atom stereocenters. The number of carbonyl (C=O) groups excluding carboxylic acids is 1. The van der Waals surface area contributed by atoms with E-state index in [1.165, 1.54) is 24.8 Å². The highest BCUT2D eigenvalue weighted by molar-refractivity contribution is 5.82. The van der Waals surface area contributed by atoms with E-state index in [2.05, 4.69) is 45.0 Å². The van der Waals surface area contributed by atoms with Crippen molar-refractivity contribution in [2.75, 3.05) is 0 Å². The van der Waals surface area contributed by atoms with Gasteiger partial charge in [-0.05, 0) is 29.4 Å². The lowest BCUT2D eigenvalue weighted by molar-refractivity contribution is -0.119. The summed E-state index contributed by atoms with van der Waals surface area (Å²) < 4.78 is 0. The third kappa shape index (κ3) is 4.67. The molecule has 116 valence electrons. The van der Waals surface area contributed by atoms with Crippen LogP contribution in [0.3, 0.4) is 0 Å². The molecule has 1 saturated carbocycles. The Bertz CT molecular complexity index is 475. The van der Waals surface area contributed by atoms with E-state index >= 15 is 0 Å². The summed E-state index contributed by atoms with van der Waals surface area (Å²) >= 11 is 0. The molecule has 0 spiro atoms.